The fourth-order valence-electron chi connectivity index (χ4n) is 1.56. The van der Waals surface area contributed by atoms with Gasteiger partial charge in [-0.2, -0.15) is 0 Å². The quantitative estimate of drug-likeness (QED) is 0.750. The molecule has 0 aromatic heterocycles. The lowest BCUT2D eigenvalue weighted by atomic mass is 10.2. The fraction of sp³-hybridized carbons (Fsp3) is 0.333. The summed E-state index contributed by atoms with van der Waals surface area (Å²) in [4.78, 5) is 11.4. The third kappa shape index (κ3) is 3.35. The van der Waals surface area contributed by atoms with E-state index in [2.05, 4.69) is 16.1 Å². The van der Waals surface area contributed by atoms with Crippen molar-refractivity contribution in [3.8, 4) is 5.75 Å². The van der Waals surface area contributed by atoms with Gasteiger partial charge in [0.15, 0.2) is 0 Å². The first kappa shape index (κ1) is 13.2. The monoisotopic (exact) mass is 264 g/mol. The van der Waals surface area contributed by atoms with E-state index in [1.54, 1.807) is 14.0 Å². The van der Waals surface area contributed by atoms with Crippen LogP contribution in [-0.2, 0) is 16.1 Å². The Bertz CT molecular complexity index is 472. The highest BCUT2D eigenvalue weighted by Gasteiger charge is 2.20. The van der Waals surface area contributed by atoms with Gasteiger partial charge in [0, 0.05) is 0 Å². The molecule has 2 rings (SSSR count). The number of ether oxygens (including phenoxy) is 2. The third-order valence-corrected chi connectivity index (χ3v) is 2.48. The topological polar surface area (TPSA) is 75.2 Å². The molecule has 7 nitrogen and oxygen atoms in total. The summed E-state index contributed by atoms with van der Waals surface area (Å²) in [7, 11) is 1.62. The van der Waals surface area contributed by atoms with Gasteiger partial charge in [0.25, 0.3) is 0 Å². The maximum atomic E-state index is 11.4. The molecule has 0 saturated heterocycles. The van der Waals surface area contributed by atoms with Crippen LogP contribution in [0.3, 0.4) is 0 Å². The van der Waals surface area contributed by atoms with Crippen molar-refractivity contribution < 1.29 is 14.3 Å². The zero-order chi connectivity index (χ0) is 13.7. The highest BCUT2D eigenvalue weighted by molar-refractivity contribution is 6.35. The van der Waals surface area contributed by atoms with Crippen LogP contribution >= 0.6 is 0 Å². The van der Waals surface area contributed by atoms with Crippen LogP contribution in [0.25, 0.3) is 0 Å². The van der Waals surface area contributed by atoms with Crippen LogP contribution in [-0.4, -0.2) is 30.6 Å². The van der Waals surface area contributed by atoms with E-state index in [9.17, 15) is 4.79 Å². The first-order valence-electron chi connectivity index (χ1n) is 5.90. The van der Waals surface area contributed by atoms with Crippen molar-refractivity contribution in [2.45, 2.75) is 13.5 Å². The Morgan fingerprint density at radius 3 is 2.74 bits per heavy atom. The van der Waals surface area contributed by atoms with Crippen molar-refractivity contribution in [3.05, 3.63) is 29.8 Å². The predicted octanol–water partition coefficient (Wildman–Crippen LogP) is 0.397. The second-order valence-corrected chi connectivity index (χ2v) is 3.81. The summed E-state index contributed by atoms with van der Waals surface area (Å²) in [5.41, 5.74) is 6.46. The predicted molar refractivity (Wildman–Crippen MR) is 68.9 cm³/mol. The van der Waals surface area contributed by atoms with Gasteiger partial charge in [0.2, 0.25) is 5.84 Å². The largest absolute Gasteiger partial charge is 0.497 e. The SMILES string of the molecule is CCOC(=O)C1=NN(Cc2ccc(OC)cc2)NN1. The molecule has 0 bridgehead atoms. The fourth-order valence-corrected chi connectivity index (χ4v) is 1.56. The summed E-state index contributed by atoms with van der Waals surface area (Å²) in [6.45, 7) is 2.58. The number of hydrazone groups is 1. The smallest absolute Gasteiger partial charge is 0.377 e. The highest BCUT2D eigenvalue weighted by Crippen LogP contribution is 2.13. The third-order valence-electron chi connectivity index (χ3n) is 2.48. The minimum Gasteiger partial charge on any atom is -0.497 e. The van der Waals surface area contributed by atoms with Crippen LogP contribution in [0, 0.1) is 0 Å². The van der Waals surface area contributed by atoms with Gasteiger partial charge in [-0.15, -0.1) is 10.6 Å². The molecular weight excluding hydrogens is 248 g/mol. The molecule has 102 valence electrons. The van der Waals surface area contributed by atoms with Gasteiger partial charge >= 0.3 is 5.97 Å². The van der Waals surface area contributed by atoms with Crippen molar-refractivity contribution in [2.24, 2.45) is 5.10 Å². The summed E-state index contributed by atoms with van der Waals surface area (Å²) in [5.74, 6) is 0.467. The highest BCUT2D eigenvalue weighted by atomic mass is 16.5. The first-order valence-corrected chi connectivity index (χ1v) is 5.90. The summed E-state index contributed by atoms with van der Waals surface area (Å²) in [6, 6.07) is 7.60. The Morgan fingerprint density at radius 1 is 1.37 bits per heavy atom. The normalized spacial score (nSPS) is 13.8. The Kier molecular flexibility index (Phi) is 4.19. The molecule has 1 aliphatic heterocycles. The molecule has 0 radical (unpaired) electrons. The van der Waals surface area contributed by atoms with Gasteiger partial charge in [-0.25, -0.2) is 9.91 Å². The van der Waals surface area contributed by atoms with Crippen LogP contribution in [0.1, 0.15) is 12.5 Å². The average Bonchev–Trinajstić information content (AvgIpc) is 2.88. The molecule has 1 heterocycles. The van der Waals surface area contributed by atoms with Crippen LogP contribution < -0.4 is 15.7 Å². The zero-order valence-corrected chi connectivity index (χ0v) is 10.8. The number of hydrazine groups is 2. The number of carbonyl (C=O) groups excluding carboxylic acids is 1. The summed E-state index contributed by atoms with van der Waals surface area (Å²) >= 11 is 0. The minimum atomic E-state index is -0.479. The van der Waals surface area contributed by atoms with Crippen LogP contribution in [0.2, 0.25) is 0 Å². The van der Waals surface area contributed by atoms with Gasteiger partial charge in [-0.3, -0.25) is 5.43 Å². The lowest BCUT2D eigenvalue weighted by Crippen LogP contribution is -2.40. The summed E-state index contributed by atoms with van der Waals surface area (Å²) in [6.07, 6.45) is 0. The lowest BCUT2D eigenvalue weighted by Gasteiger charge is -2.12. The molecule has 1 aromatic carbocycles. The summed E-state index contributed by atoms with van der Waals surface area (Å²) in [5, 5.41) is 5.59. The van der Waals surface area contributed by atoms with E-state index in [0.717, 1.165) is 11.3 Å². The Labute approximate surface area is 111 Å². The number of esters is 1. The van der Waals surface area contributed by atoms with Gasteiger partial charge < -0.3 is 9.47 Å². The maximum Gasteiger partial charge on any atom is 0.377 e. The van der Waals surface area contributed by atoms with Gasteiger partial charge in [0.05, 0.1) is 20.3 Å². The van der Waals surface area contributed by atoms with Crippen molar-refractivity contribution >= 4 is 11.8 Å². The molecule has 19 heavy (non-hydrogen) atoms. The molecule has 0 amide bonds. The van der Waals surface area contributed by atoms with E-state index in [4.69, 9.17) is 9.47 Å². The molecule has 0 unspecified atom stereocenters. The van der Waals surface area contributed by atoms with Crippen molar-refractivity contribution in [3.63, 3.8) is 0 Å². The van der Waals surface area contributed by atoms with Crippen LogP contribution in [0.15, 0.2) is 29.4 Å². The number of amidine groups is 1. The Morgan fingerprint density at radius 2 is 2.11 bits per heavy atom. The molecule has 0 aliphatic carbocycles. The second kappa shape index (κ2) is 6.05. The van der Waals surface area contributed by atoms with Gasteiger partial charge in [-0.1, -0.05) is 12.1 Å². The molecular formula is C12H16N4O3. The maximum absolute atomic E-state index is 11.4. The van der Waals surface area contributed by atoms with E-state index in [1.807, 2.05) is 24.3 Å². The van der Waals surface area contributed by atoms with Crippen LogP contribution in [0.5, 0.6) is 5.75 Å². The molecule has 2 N–H and O–H groups in total. The van der Waals surface area contributed by atoms with E-state index >= 15 is 0 Å². The van der Waals surface area contributed by atoms with E-state index in [-0.39, 0.29) is 5.84 Å². The molecule has 0 saturated carbocycles. The van der Waals surface area contributed by atoms with Crippen LogP contribution in [0.4, 0.5) is 0 Å². The molecule has 1 aliphatic rings. The van der Waals surface area contributed by atoms with Gasteiger partial charge in [0.1, 0.15) is 5.75 Å². The number of carbonyl (C=O) groups is 1. The van der Waals surface area contributed by atoms with Crippen molar-refractivity contribution in [1.29, 1.82) is 0 Å². The zero-order valence-electron chi connectivity index (χ0n) is 10.8. The van der Waals surface area contributed by atoms with E-state index < -0.39 is 5.97 Å². The van der Waals surface area contributed by atoms with Crippen molar-refractivity contribution in [2.75, 3.05) is 13.7 Å². The number of rotatable bonds is 5. The first-order chi connectivity index (χ1) is 9.22. The lowest BCUT2D eigenvalue weighted by molar-refractivity contribution is -0.135. The van der Waals surface area contributed by atoms with E-state index in [1.165, 1.54) is 5.12 Å². The standard InChI is InChI=1S/C12H16N4O3/c1-3-19-12(17)11-13-15-16(14-11)8-9-4-6-10(18-2)7-5-9/h4-7,15H,3,8H2,1-2H3,(H,13,14). The Hall–Kier alpha value is -2.28. The molecule has 0 spiro atoms. The number of nitrogens with one attached hydrogen (secondary N) is 2. The van der Waals surface area contributed by atoms with Gasteiger partial charge in [-0.05, 0) is 24.6 Å². The summed E-state index contributed by atoms with van der Waals surface area (Å²) < 4.78 is 9.92. The molecule has 7 heteroatoms. The number of methoxy groups -OCH3 is 1. The molecule has 1 aromatic rings. The number of hydrogen-bond acceptors (Lipinski definition) is 7. The molecule has 0 atom stereocenters. The number of hydrogen-bond donors (Lipinski definition) is 2. The minimum absolute atomic E-state index is 0.148. The van der Waals surface area contributed by atoms with E-state index in [0.29, 0.717) is 13.2 Å². The second-order valence-electron chi connectivity index (χ2n) is 3.81. The van der Waals surface area contributed by atoms with Crippen molar-refractivity contribution in [1.82, 2.24) is 16.1 Å². The molecule has 0 fully saturated rings. The Balaban J connectivity index is 1.95. The average molecular weight is 264 g/mol. The number of benzene rings is 1. The number of nitrogens with zero attached hydrogens (tertiary/aromatic N) is 2.